The van der Waals surface area contributed by atoms with Gasteiger partial charge in [-0.3, -0.25) is 0 Å². The van der Waals surface area contributed by atoms with E-state index in [1.54, 1.807) is 13.0 Å². The van der Waals surface area contributed by atoms with E-state index in [2.05, 4.69) is 0 Å². The minimum Gasteiger partial charge on any atom is -0.507 e. The number of benzene rings is 1. The number of rotatable bonds is 3. The van der Waals surface area contributed by atoms with E-state index in [1.807, 2.05) is 0 Å². The van der Waals surface area contributed by atoms with Crippen LogP contribution >= 0.6 is 11.6 Å². The Balaban J connectivity index is 2.39. The maximum Gasteiger partial charge on any atom is 0.144 e. The molecule has 0 aromatic heterocycles. The zero-order valence-electron chi connectivity index (χ0n) is 9.38. The molecule has 0 radical (unpaired) electrons. The number of hydrogen-bond acceptors (Lipinski definition) is 3. The molecule has 0 spiro atoms. The van der Waals surface area contributed by atoms with Gasteiger partial charge in [0.1, 0.15) is 11.5 Å². The van der Waals surface area contributed by atoms with Gasteiger partial charge < -0.3 is 14.9 Å². The molecule has 2 rings (SSSR count). The Labute approximate surface area is 99.6 Å². The first-order valence-electron chi connectivity index (χ1n) is 5.24. The van der Waals surface area contributed by atoms with Gasteiger partial charge in [-0.25, -0.2) is 0 Å². The van der Waals surface area contributed by atoms with Gasteiger partial charge in [-0.05, 0) is 31.4 Å². The average Bonchev–Trinajstić information content (AvgIpc) is 2.93. The van der Waals surface area contributed by atoms with Crippen LogP contribution in [0.15, 0.2) is 6.07 Å². The topological polar surface area (TPSA) is 49.7 Å². The van der Waals surface area contributed by atoms with Gasteiger partial charge in [-0.1, -0.05) is 11.6 Å². The summed E-state index contributed by atoms with van der Waals surface area (Å²) < 4.78 is 5.10. The highest BCUT2D eigenvalue weighted by molar-refractivity contribution is 6.32. The van der Waals surface area contributed by atoms with Crippen LogP contribution in [-0.2, 0) is 6.42 Å². The minimum absolute atomic E-state index is 0.168. The third kappa shape index (κ3) is 1.97. The Bertz CT molecular complexity index is 425. The van der Waals surface area contributed by atoms with Crippen molar-refractivity contribution in [3.05, 3.63) is 22.2 Å². The molecule has 1 aromatic rings. The first-order chi connectivity index (χ1) is 7.47. The molecule has 1 saturated carbocycles. The lowest BCUT2D eigenvalue weighted by atomic mass is 10.0. The van der Waals surface area contributed by atoms with Crippen LogP contribution in [0, 0.1) is 6.92 Å². The Morgan fingerprint density at radius 2 is 2.12 bits per heavy atom. The first-order valence-corrected chi connectivity index (χ1v) is 5.62. The highest BCUT2D eigenvalue weighted by Crippen LogP contribution is 2.43. The molecular formula is C12H15ClO3. The van der Waals surface area contributed by atoms with Crippen LogP contribution in [0.25, 0.3) is 0 Å². The van der Waals surface area contributed by atoms with Crippen LogP contribution in [0.1, 0.15) is 24.0 Å². The number of halogens is 1. The predicted octanol–water partition coefficient (Wildman–Crippen LogP) is 2.43. The van der Waals surface area contributed by atoms with Gasteiger partial charge in [-0.15, -0.1) is 0 Å². The van der Waals surface area contributed by atoms with Crippen molar-refractivity contribution in [2.45, 2.75) is 31.8 Å². The second-order valence-corrected chi connectivity index (χ2v) is 4.83. The first kappa shape index (κ1) is 11.6. The number of aromatic hydroxyl groups is 1. The Morgan fingerprint density at radius 1 is 1.50 bits per heavy atom. The quantitative estimate of drug-likeness (QED) is 0.856. The highest BCUT2D eigenvalue weighted by atomic mass is 35.5. The van der Waals surface area contributed by atoms with Crippen molar-refractivity contribution < 1.29 is 14.9 Å². The lowest BCUT2D eigenvalue weighted by Crippen LogP contribution is -2.11. The zero-order valence-corrected chi connectivity index (χ0v) is 10.1. The van der Waals surface area contributed by atoms with E-state index < -0.39 is 5.60 Å². The summed E-state index contributed by atoms with van der Waals surface area (Å²) in [5, 5.41) is 20.3. The highest BCUT2D eigenvalue weighted by Gasteiger charge is 2.41. The lowest BCUT2D eigenvalue weighted by Gasteiger charge is -2.15. The maximum absolute atomic E-state index is 9.98. The molecule has 2 N–H and O–H groups in total. The minimum atomic E-state index is -0.637. The molecule has 1 aliphatic carbocycles. The molecule has 16 heavy (non-hydrogen) atoms. The van der Waals surface area contributed by atoms with Gasteiger partial charge in [-0.2, -0.15) is 0 Å². The fourth-order valence-corrected chi connectivity index (χ4v) is 2.23. The molecule has 0 aliphatic heterocycles. The molecule has 4 heteroatoms. The molecule has 3 nitrogen and oxygen atoms in total. The lowest BCUT2D eigenvalue weighted by molar-refractivity contribution is 0.150. The smallest absolute Gasteiger partial charge is 0.144 e. The number of aliphatic hydroxyl groups is 1. The van der Waals surface area contributed by atoms with Crippen molar-refractivity contribution in [1.82, 2.24) is 0 Å². The molecule has 0 saturated heterocycles. The van der Waals surface area contributed by atoms with E-state index >= 15 is 0 Å². The van der Waals surface area contributed by atoms with Crippen molar-refractivity contribution in [2.75, 3.05) is 7.11 Å². The van der Waals surface area contributed by atoms with Gasteiger partial charge in [0.25, 0.3) is 0 Å². The second-order valence-electron chi connectivity index (χ2n) is 4.43. The van der Waals surface area contributed by atoms with Gasteiger partial charge in [0.15, 0.2) is 0 Å². The molecule has 1 fully saturated rings. The third-order valence-corrected chi connectivity index (χ3v) is 3.35. The van der Waals surface area contributed by atoms with Crippen molar-refractivity contribution in [1.29, 1.82) is 0 Å². The van der Waals surface area contributed by atoms with Gasteiger partial charge >= 0.3 is 0 Å². The van der Waals surface area contributed by atoms with Crippen molar-refractivity contribution in [3.8, 4) is 11.5 Å². The van der Waals surface area contributed by atoms with E-state index in [1.165, 1.54) is 7.11 Å². The standard InChI is InChI=1S/C12H15ClO3/c1-7-10(14)8(6-12(15)3-4-12)5-9(13)11(7)16-2/h5,14-15H,3-4,6H2,1-2H3. The Morgan fingerprint density at radius 3 is 2.62 bits per heavy atom. The normalized spacial score (nSPS) is 17.2. The Kier molecular flexibility index (Phi) is 2.76. The maximum atomic E-state index is 9.98. The summed E-state index contributed by atoms with van der Waals surface area (Å²) in [6.07, 6.45) is 2.02. The summed E-state index contributed by atoms with van der Waals surface area (Å²) in [7, 11) is 1.52. The summed E-state index contributed by atoms with van der Waals surface area (Å²) in [5.41, 5.74) is 0.666. The van der Waals surface area contributed by atoms with Crippen LogP contribution < -0.4 is 4.74 Å². The largest absolute Gasteiger partial charge is 0.507 e. The molecule has 0 bridgehead atoms. The third-order valence-electron chi connectivity index (χ3n) is 3.07. The monoisotopic (exact) mass is 242 g/mol. The second kappa shape index (κ2) is 3.82. The van der Waals surface area contributed by atoms with E-state index in [-0.39, 0.29) is 5.75 Å². The van der Waals surface area contributed by atoms with Gasteiger partial charge in [0.2, 0.25) is 0 Å². The van der Waals surface area contributed by atoms with Crippen LogP contribution in [-0.4, -0.2) is 22.9 Å². The zero-order chi connectivity index (χ0) is 11.9. The van der Waals surface area contributed by atoms with E-state index in [4.69, 9.17) is 16.3 Å². The van der Waals surface area contributed by atoms with Crippen LogP contribution in [0.3, 0.4) is 0 Å². The molecular weight excluding hydrogens is 228 g/mol. The fourth-order valence-electron chi connectivity index (χ4n) is 1.88. The van der Waals surface area contributed by atoms with E-state index in [9.17, 15) is 10.2 Å². The average molecular weight is 243 g/mol. The summed E-state index contributed by atoms with van der Waals surface area (Å²) in [4.78, 5) is 0. The van der Waals surface area contributed by atoms with Crippen LogP contribution in [0.4, 0.5) is 0 Å². The fraction of sp³-hybridized carbons (Fsp3) is 0.500. The Hall–Kier alpha value is -0.930. The number of methoxy groups -OCH3 is 1. The number of phenols is 1. The molecule has 88 valence electrons. The van der Waals surface area contributed by atoms with Crippen molar-refractivity contribution in [2.24, 2.45) is 0 Å². The molecule has 1 aliphatic rings. The van der Waals surface area contributed by atoms with E-state index in [0.29, 0.717) is 28.3 Å². The van der Waals surface area contributed by atoms with Crippen molar-refractivity contribution >= 4 is 11.6 Å². The van der Waals surface area contributed by atoms with Crippen LogP contribution in [0.2, 0.25) is 5.02 Å². The van der Waals surface area contributed by atoms with Crippen LogP contribution in [0.5, 0.6) is 11.5 Å². The molecule has 0 heterocycles. The number of hydrogen-bond donors (Lipinski definition) is 2. The number of phenolic OH excluding ortho intramolecular Hbond substituents is 1. The molecule has 1 aromatic carbocycles. The molecule has 0 amide bonds. The summed E-state index contributed by atoms with van der Waals surface area (Å²) in [5.74, 6) is 0.660. The SMILES string of the molecule is COc1c(Cl)cc(CC2(O)CC2)c(O)c1C. The van der Waals surface area contributed by atoms with Gasteiger partial charge in [0, 0.05) is 12.0 Å². The van der Waals surface area contributed by atoms with Gasteiger partial charge in [0.05, 0.1) is 17.7 Å². The predicted molar refractivity (Wildman–Crippen MR) is 62.3 cm³/mol. The molecule has 0 unspecified atom stereocenters. The number of ether oxygens (including phenoxy) is 1. The molecule has 0 atom stereocenters. The summed E-state index contributed by atoms with van der Waals surface area (Å²) in [6.45, 7) is 1.75. The van der Waals surface area contributed by atoms with Crippen molar-refractivity contribution in [3.63, 3.8) is 0 Å². The summed E-state index contributed by atoms with van der Waals surface area (Å²) >= 11 is 6.04. The summed E-state index contributed by atoms with van der Waals surface area (Å²) in [6, 6.07) is 1.67. The van der Waals surface area contributed by atoms with E-state index in [0.717, 1.165) is 12.8 Å².